The first-order chi connectivity index (χ1) is 13.6. The quantitative estimate of drug-likeness (QED) is 0.730. The third kappa shape index (κ3) is 3.30. The molecule has 3 nitrogen and oxygen atoms in total. The third-order valence-corrected chi connectivity index (χ3v) is 6.93. The Kier molecular flexibility index (Phi) is 5.59. The Labute approximate surface area is 170 Å². The van der Waals surface area contributed by atoms with Crippen molar-refractivity contribution in [3.05, 3.63) is 71.3 Å². The molecule has 0 amide bonds. The predicted octanol–water partition coefficient (Wildman–Crippen LogP) is 4.61. The molecular formula is C25H34N2O. The van der Waals surface area contributed by atoms with E-state index in [9.17, 15) is 0 Å². The van der Waals surface area contributed by atoms with E-state index in [0.717, 1.165) is 52.0 Å². The molecule has 2 aromatic rings. The molecule has 2 heterocycles. The van der Waals surface area contributed by atoms with Crippen molar-refractivity contribution in [2.24, 2.45) is 0 Å². The van der Waals surface area contributed by atoms with Crippen LogP contribution in [0.15, 0.2) is 54.6 Å². The van der Waals surface area contributed by atoms with Gasteiger partial charge < -0.3 is 14.5 Å². The van der Waals surface area contributed by atoms with E-state index in [1.54, 1.807) is 0 Å². The SMILES string of the molecule is CCN(CC)CCC1(c2ccccc2)OC2(CCN(C)CC2)c2ccccc21. The van der Waals surface area contributed by atoms with Crippen molar-refractivity contribution >= 4 is 0 Å². The lowest BCUT2D eigenvalue weighted by atomic mass is 9.79. The fraction of sp³-hybridized carbons (Fsp3) is 0.520. The minimum absolute atomic E-state index is 0.151. The highest BCUT2D eigenvalue weighted by atomic mass is 16.5. The molecule has 0 aliphatic carbocycles. The number of hydrogen-bond acceptors (Lipinski definition) is 3. The van der Waals surface area contributed by atoms with E-state index < -0.39 is 0 Å². The van der Waals surface area contributed by atoms with Crippen LogP contribution in [-0.2, 0) is 15.9 Å². The van der Waals surface area contributed by atoms with Crippen LogP contribution in [0.5, 0.6) is 0 Å². The van der Waals surface area contributed by atoms with E-state index in [-0.39, 0.29) is 11.2 Å². The zero-order chi connectivity index (χ0) is 19.6. The molecule has 0 bridgehead atoms. The summed E-state index contributed by atoms with van der Waals surface area (Å²) >= 11 is 0. The first kappa shape index (κ1) is 19.6. The monoisotopic (exact) mass is 378 g/mol. The summed E-state index contributed by atoms with van der Waals surface area (Å²) in [5.41, 5.74) is 3.60. The van der Waals surface area contributed by atoms with Crippen LogP contribution in [0, 0.1) is 0 Å². The van der Waals surface area contributed by atoms with Crippen molar-refractivity contribution < 1.29 is 4.74 Å². The van der Waals surface area contributed by atoms with Gasteiger partial charge in [-0.3, -0.25) is 0 Å². The molecule has 1 unspecified atom stereocenters. The predicted molar refractivity (Wildman–Crippen MR) is 116 cm³/mol. The summed E-state index contributed by atoms with van der Waals surface area (Å²) < 4.78 is 7.27. The Balaban J connectivity index is 1.79. The number of fused-ring (bicyclic) bond motifs is 2. The number of nitrogens with zero attached hydrogens (tertiary/aromatic N) is 2. The highest BCUT2D eigenvalue weighted by Gasteiger charge is 2.54. The number of likely N-dealkylation sites (tertiary alicyclic amines) is 1. The molecule has 2 aromatic carbocycles. The van der Waals surface area contributed by atoms with Gasteiger partial charge in [0.2, 0.25) is 0 Å². The molecule has 2 aliphatic rings. The van der Waals surface area contributed by atoms with Crippen LogP contribution in [0.2, 0.25) is 0 Å². The van der Waals surface area contributed by atoms with Gasteiger partial charge in [-0.05, 0) is 56.1 Å². The van der Waals surface area contributed by atoms with Crippen LogP contribution >= 0.6 is 0 Å². The van der Waals surface area contributed by atoms with Crippen LogP contribution in [-0.4, -0.2) is 49.6 Å². The van der Waals surface area contributed by atoms with Gasteiger partial charge in [-0.25, -0.2) is 0 Å². The lowest BCUT2D eigenvalue weighted by Gasteiger charge is -2.41. The standard InChI is InChI=1S/C25H34N2O/c1-4-27(5-2)20-17-25(21-11-7-6-8-12-21)23-14-10-9-13-22(23)24(28-25)15-18-26(3)19-16-24/h6-14H,4-5,15-20H2,1-3H3. The van der Waals surface area contributed by atoms with Crippen molar-refractivity contribution in [1.82, 2.24) is 9.80 Å². The van der Waals surface area contributed by atoms with Gasteiger partial charge in [-0.15, -0.1) is 0 Å². The fourth-order valence-corrected chi connectivity index (χ4v) is 5.13. The third-order valence-electron chi connectivity index (χ3n) is 6.93. The summed E-state index contributed by atoms with van der Waals surface area (Å²) in [6.07, 6.45) is 3.13. The summed E-state index contributed by atoms with van der Waals surface area (Å²) in [7, 11) is 2.22. The van der Waals surface area contributed by atoms with Crippen molar-refractivity contribution in [2.75, 3.05) is 39.8 Å². The van der Waals surface area contributed by atoms with Crippen LogP contribution in [0.1, 0.15) is 49.8 Å². The number of piperidine rings is 1. The molecule has 1 saturated heterocycles. The second-order valence-corrected chi connectivity index (χ2v) is 8.42. The zero-order valence-corrected chi connectivity index (χ0v) is 17.7. The average Bonchev–Trinajstić information content (AvgIpc) is 3.03. The normalized spacial score (nSPS) is 24.0. The number of ether oxygens (including phenoxy) is 1. The Bertz CT molecular complexity index is 778. The van der Waals surface area contributed by atoms with Crippen LogP contribution < -0.4 is 0 Å². The fourth-order valence-electron chi connectivity index (χ4n) is 5.13. The maximum absolute atomic E-state index is 7.27. The maximum Gasteiger partial charge on any atom is 0.121 e. The van der Waals surface area contributed by atoms with Gasteiger partial charge in [0.05, 0.1) is 5.60 Å². The van der Waals surface area contributed by atoms with E-state index in [1.165, 1.54) is 16.7 Å². The first-order valence-electron chi connectivity index (χ1n) is 10.9. The highest BCUT2D eigenvalue weighted by Crippen LogP contribution is 2.56. The van der Waals surface area contributed by atoms with Gasteiger partial charge in [0.1, 0.15) is 5.60 Å². The number of hydrogen-bond donors (Lipinski definition) is 0. The molecule has 0 saturated carbocycles. The molecule has 1 spiro atoms. The minimum atomic E-state index is -0.351. The number of rotatable bonds is 6. The average molecular weight is 379 g/mol. The molecule has 2 aliphatic heterocycles. The topological polar surface area (TPSA) is 15.7 Å². The van der Waals surface area contributed by atoms with E-state index in [2.05, 4.69) is 85.3 Å². The summed E-state index contributed by atoms with van der Waals surface area (Å²) in [4.78, 5) is 4.94. The van der Waals surface area contributed by atoms with Gasteiger partial charge in [0.15, 0.2) is 0 Å². The van der Waals surface area contributed by atoms with Crippen molar-refractivity contribution in [3.8, 4) is 0 Å². The maximum atomic E-state index is 7.27. The smallest absolute Gasteiger partial charge is 0.121 e. The lowest BCUT2D eigenvalue weighted by molar-refractivity contribution is -0.150. The van der Waals surface area contributed by atoms with Crippen LogP contribution in [0.4, 0.5) is 0 Å². The highest BCUT2D eigenvalue weighted by molar-refractivity contribution is 5.48. The number of benzene rings is 2. The summed E-state index contributed by atoms with van der Waals surface area (Å²) in [5, 5.41) is 0. The molecule has 0 aromatic heterocycles. The first-order valence-corrected chi connectivity index (χ1v) is 10.9. The molecule has 0 radical (unpaired) electrons. The molecule has 1 fully saturated rings. The van der Waals surface area contributed by atoms with E-state index >= 15 is 0 Å². The molecule has 28 heavy (non-hydrogen) atoms. The molecular weight excluding hydrogens is 344 g/mol. The Morgan fingerprint density at radius 2 is 1.50 bits per heavy atom. The van der Waals surface area contributed by atoms with Gasteiger partial charge in [0.25, 0.3) is 0 Å². The van der Waals surface area contributed by atoms with Gasteiger partial charge >= 0.3 is 0 Å². The Morgan fingerprint density at radius 1 is 0.893 bits per heavy atom. The van der Waals surface area contributed by atoms with Gasteiger partial charge in [-0.1, -0.05) is 68.4 Å². The van der Waals surface area contributed by atoms with Crippen LogP contribution in [0.3, 0.4) is 0 Å². The Hall–Kier alpha value is -1.68. The van der Waals surface area contributed by atoms with Crippen molar-refractivity contribution in [2.45, 2.75) is 44.3 Å². The van der Waals surface area contributed by atoms with Crippen molar-refractivity contribution in [1.29, 1.82) is 0 Å². The van der Waals surface area contributed by atoms with E-state index in [1.807, 2.05) is 0 Å². The van der Waals surface area contributed by atoms with Crippen molar-refractivity contribution in [3.63, 3.8) is 0 Å². The van der Waals surface area contributed by atoms with Gasteiger partial charge in [-0.2, -0.15) is 0 Å². The van der Waals surface area contributed by atoms with E-state index in [4.69, 9.17) is 4.74 Å². The molecule has 1 atom stereocenters. The summed E-state index contributed by atoms with van der Waals surface area (Å²) in [6, 6.07) is 19.9. The molecule has 0 N–H and O–H groups in total. The second-order valence-electron chi connectivity index (χ2n) is 8.42. The summed E-state index contributed by atoms with van der Waals surface area (Å²) in [5.74, 6) is 0. The molecule has 3 heteroatoms. The van der Waals surface area contributed by atoms with Crippen LogP contribution in [0.25, 0.3) is 0 Å². The lowest BCUT2D eigenvalue weighted by Crippen LogP contribution is -2.43. The molecule has 150 valence electrons. The zero-order valence-electron chi connectivity index (χ0n) is 17.7. The van der Waals surface area contributed by atoms with Gasteiger partial charge in [0, 0.05) is 19.6 Å². The minimum Gasteiger partial charge on any atom is -0.354 e. The Morgan fingerprint density at radius 3 is 2.14 bits per heavy atom. The largest absolute Gasteiger partial charge is 0.354 e. The van der Waals surface area contributed by atoms with E-state index in [0.29, 0.717) is 0 Å². The summed E-state index contributed by atoms with van der Waals surface area (Å²) in [6.45, 7) is 9.90. The molecule has 4 rings (SSSR count). The second kappa shape index (κ2) is 7.98.